The second kappa shape index (κ2) is 12.2. The Kier molecular flexibility index (Phi) is 8.76. The van der Waals surface area contributed by atoms with Gasteiger partial charge in [-0.1, -0.05) is 38.1 Å². The van der Waals surface area contributed by atoms with E-state index in [1.54, 1.807) is 0 Å². The predicted octanol–water partition coefficient (Wildman–Crippen LogP) is 6.83. The molecular weight excluding hydrogens is 546 g/mol. The number of nitrogens with one attached hydrogen (secondary N) is 2. The topological polar surface area (TPSA) is 97.4 Å². The molecule has 0 aliphatic heterocycles. The highest BCUT2D eigenvalue weighted by Gasteiger charge is 2.52. The number of carbonyl (C=O) groups excluding carboxylic acids is 1. The number of rotatable bonds is 12. The largest absolute Gasteiger partial charge is 0.465 e. The van der Waals surface area contributed by atoms with Crippen LogP contribution in [0, 0.1) is 25.2 Å². The standard InChI is InChI=1S/C34H43N3O4S/c1-22(2)16-27(35-28-20-34(21-28)14-15-34)13-12-25-17-30(32-23(3)8-6-9-24(32)4)36-31(18-25)37-42(39,40)29-11-7-10-26(19-29)33(38)41-5/h6-11,17-19,22,27-28,35H,12-16,20-21H2,1-5H3,(H,36,37). The van der Waals surface area contributed by atoms with Gasteiger partial charge in [-0.15, -0.1) is 0 Å². The summed E-state index contributed by atoms with van der Waals surface area (Å²) in [6.45, 7) is 8.64. The van der Waals surface area contributed by atoms with Crippen molar-refractivity contribution in [3.05, 3.63) is 76.9 Å². The second-order valence-electron chi connectivity index (χ2n) is 12.8. The number of aromatic nitrogens is 1. The van der Waals surface area contributed by atoms with E-state index in [1.807, 2.05) is 38.1 Å². The third-order valence-electron chi connectivity index (χ3n) is 8.75. The van der Waals surface area contributed by atoms with Gasteiger partial charge in [0.25, 0.3) is 10.0 Å². The van der Waals surface area contributed by atoms with E-state index in [1.165, 1.54) is 57.1 Å². The van der Waals surface area contributed by atoms with Gasteiger partial charge in [0.05, 0.1) is 23.3 Å². The summed E-state index contributed by atoms with van der Waals surface area (Å²) >= 11 is 0. The summed E-state index contributed by atoms with van der Waals surface area (Å²) in [7, 11) is -2.74. The number of ether oxygens (including phenoxy) is 1. The van der Waals surface area contributed by atoms with E-state index >= 15 is 0 Å². The molecule has 2 saturated carbocycles. The lowest BCUT2D eigenvalue weighted by Crippen LogP contribution is -2.47. The molecule has 2 aliphatic carbocycles. The number of aryl methyl sites for hydroxylation is 3. The quantitative estimate of drug-likeness (QED) is 0.225. The summed E-state index contributed by atoms with van der Waals surface area (Å²) in [5, 5.41) is 3.94. The Morgan fingerprint density at radius 2 is 1.74 bits per heavy atom. The summed E-state index contributed by atoms with van der Waals surface area (Å²) in [4.78, 5) is 16.8. The lowest BCUT2D eigenvalue weighted by molar-refractivity contribution is 0.0600. The Balaban J connectivity index is 1.42. The Morgan fingerprint density at radius 1 is 1.05 bits per heavy atom. The lowest BCUT2D eigenvalue weighted by Gasteiger charge is -2.39. The molecule has 1 unspecified atom stereocenters. The first-order valence-electron chi connectivity index (χ1n) is 15.0. The van der Waals surface area contributed by atoms with E-state index in [-0.39, 0.29) is 16.3 Å². The van der Waals surface area contributed by atoms with Crippen molar-refractivity contribution in [1.82, 2.24) is 10.3 Å². The molecule has 2 aromatic carbocycles. The number of methoxy groups -OCH3 is 1. The number of sulfonamides is 1. The van der Waals surface area contributed by atoms with Gasteiger partial charge in [-0.05, 0) is 117 Å². The van der Waals surface area contributed by atoms with Crippen LogP contribution in [0.3, 0.4) is 0 Å². The minimum Gasteiger partial charge on any atom is -0.465 e. The molecule has 2 aliphatic rings. The van der Waals surface area contributed by atoms with Crippen LogP contribution in [0.5, 0.6) is 0 Å². The molecular formula is C34H43N3O4S. The summed E-state index contributed by atoms with van der Waals surface area (Å²) in [6, 6.07) is 16.9. The fraction of sp³-hybridized carbons (Fsp3) is 0.471. The number of hydrogen-bond donors (Lipinski definition) is 2. The molecule has 2 fully saturated rings. The fourth-order valence-corrected chi connectivity index (χ4v) is 7.47. The van der Waals surface area contributed by atoms with Crippen LogP contribution in [0.15, 0.2) is 59.5 Å². The maximum Gasteiger partial charge on any atom is 0.337 e. The zero-order chi connectivity index (χ0) is 30.1. The molecule has 0 bridgehead atoms. The van der Waals surface area contributed by atoms with Gasteiger partial charge in [-0.2, -0.15) is 0 Å². The summed E-state index contributed by atoms with van der Waals surface area (Å²) in [5.41, 5.74) is 5.77. The van der Waals surface area contributed by atoms with Crippen molar-refractivity contribution in [2.45, 2.75) is 89.6 Å². The Bertz CT molecular complexity index is 1530. The van der Waals surface area contributed by atoms with Crippen molar-refractivity contribution < 1.29 is 17.9 Å². The first kappa shape index (κ1) is 30.2. The van der Waals surface area contributed by atoms with Crippen molar-refractivity contribution in [2.24, 2.45) is 11.3 Å². The minimum atomic E-state index is -4.01. The molecule has 42 heavy (non-hydrogen) atoms. The van der Waals surface area contributed by atoms with Gasteiger partial charge in [0.2, 0.25) is 0 Å². The Hall–Kier alpha value is -3.23. The van der Waals surface area contributed by atoms with Crippen LogP contribution in [0.4, 0.5) is 5.82 Å². The average Bonchev–Trinajstić information content (AvgIpc) is 3.71. The van der Waals surface area contributed by atoms with E-state index in [0.29, 0.717) is 23.4 Å². The first-order chi connectivity index (χ1) is 20.0. The molecule has 8 heteroatoms. The van der Waals surface area contributed by atoms with Gasteiger partial charge in [0, 0.05) is 17.6 Å². The number of nitrogens with zero attached hydrogens (tertiary/aromatic N) is 1. The minimum absolute atomic E-state index is 0.0265. The van der Waals surface area contributed by atoms with E-state index in [0.717, 1.165) is 47.2 Å². The average molecular weight is 590 g/mol. The first-order valence-corrected chi connectivity index (χ1v) is 16.5. The van der Waals surface area contributed by atoms with Crippen molar-refractivity contribution in [3.8, 4) is 11.3 Å². The monoisotopic (exact) mass is 589 g/mol. The number of hydrogen-bond acceptors (Lipinski definition) is 6. The molecule has 1 spiro atoms. The van der Waals surface area contributed by atoms with Crippen LogP contribution in [0.2, 0.25) is 0 Å². The van der Waals surface area contributed by atoms with Crippen molar-refractivity contribution in [3.63, 3.8) is 0 Å². The van der Waals surface area contributed by atoms with E-state index in [9.17, 15) is 13.2 Å². The van der Waals surface area contributed by atoms with Crippen LogP contribution < -0.4 is 10.0 Å². The molecule has 1 heterocycles. The highest BCUT2D eigenvalue weighted by atomic mass is 32.2. The summed E-state index contributed by atoms with van der Waals surface area (Å²) in [6.07, 6.45) is 8.26. The molecule has 7 nitrogen and oxygen atoms in total. The normalized spacial score (nSPS) is 16.7. The molecule has 224 valence electrons. The third-order valence-corrected chi connectivity index (χ3v) is 10.1. The van der Waals surface area contributed by atoms with E-state index in [4.69, 9.17) is 9.72 Å². The van der Waals surface area contributed by atoms with Gasteiger partial charge < -0.3 is 10.1 Å². The number of anilines is 1. The van der Waals surface area contributed by atoms with Gasteiger partial charge in [-0.3, -0.25) is 4.72 Å². The number of carbonyl (C=O) groups is 1. The molecule has 0 amide bonds. The Labute approximate surface area is 250 Å². The third kappa shape index (κ3) is 7.04. The molecule has 0 radical (unpaired) electrons. The molecule has 0 saturated heterocycles. The number of benzene rings is 2. The van der Waals surface area contributed by atoms with Crippen molar-refractivity contribution in [2.75, 3.05) is 11.8 Å². The predicted molar refractivity (Wildman–Crippen MR) is 167 cm³/mol. The van der Waals surface area contributed by atoms with Gasteiger partial charge in [0.1, 0.15) is 5.82 Å². The zero-order valence-corrected chi connectivity index (χ0v) is 26.2. The molecule has 3 aromatic rings. The molecule has 5 rings (SSSR count). The lowest BCUT2D eigenvalue weighted by atomic mass is 9.76. The zero-order valence-electron chi connectivity index (χ0n) is 25.4. The highest BCUT2D eigenvalue weighted by Crippen LogP contribution is 2.60. The summed E-state index contributed by atoms with van der Waals surface area (Å²) < 4.78 is 34.4. The Morgan fingerprint density at radius 3 is 2.38 bits per heavy atom. The van der Waals surface area contributed by atoms with Gasteiger partial charge >= 0.3 is 5.97 Å². The van der Waals surface area contributed by atoms with Crippen molar-refractivity contribution >= 4 is 21.8 Å². The number of pyridine rings is 1. The van der Waals surface area contributed by atoms with Crippen LogP contribution in [-0.4, -0.2) is 38.6 Å². The smallest absolute Gasteiger partial charge is 0.337 e. The maximum atomic E-state index is 13.5. The van der Waals surface area contributed by atoms with E-state index < -0.39 is 16.0 Å². The SMILES string of the molecule is COC(=O)c1cccc(S(=O)(=O)Nc2cc(CCC(CC(C)C)NC3CC4(CC4)C3)cc(-c3c(C)cccc3C)n2)c1. The van der Waals surface area contributed by atoms with Crippen molar-refractivity contribution in [1.29, 1.82) is 0 Å². The van der Waals surface area contributed by atoms with Crippen LogP contribution in [0.25, 0.3) is 11.3 Å². The second-order valence-corrected chi connectivity index (χ2v) is 14.5. The fourth-order valence-electron chi connectivity index (χ4n) is 6.44. The highest BCUT2D eigenvalue weighted by molar-refractivity contribution is 7.92. The molecule has 1 atom stereocenters. The summed E-state index contributed by atoms with van der Waals surface area (Å²) in [5.74, 6) is 0.253. The van der Waals surface area contributed by atoms with Gasteiger partial charge in [0.15, 0.2) is 0 Å². The van der Waals surface area contributed by atoms with Crippen LogP contribution in [0.1, 0.15) is 79.4 Å². The van der Waals surface area contributed by atoms with Crippen LogP contribution >= 0.6 is 0 Å². The number of esters is 1. The van der Waals surface area contributed by atoms with Gasteiger partial charge in [-0.25, -0.2) is 18.2 Å². The van der Waals surface area contributed by atoms with E-state index in [2.05, 4.69) is 30.0 Å². The molecule has 1 aromatic heterocycles. The van der Waals surface area contributed by atoms with Crippen LogP contribution in [-0.2, 0) is 21.2 Å². The molecule has 2 N–H and O–H groups in total. The maximum absolute atomic E-state index is 13.5.